The number of phenolic OH excluding ortho intramolecular Hbond substituents is 1. The van der Waals surface area contributed by atoms with Crippen LogP contribution in [-0.4, -0.2) is 29.7 Å². The molecule has 25 heavy (non-hydrogen) atoms. The van der Waals surface area contributed by atoms with E-state index in [1.54, 1.807) is 24.3 Å². The second kappa shape index (κ2) is 8.53. The van der Waals surface area contributed by atoms with Crippen LogP contribution < -0.4 is 15.8 Å². The summed E-state index contributed by atoms with van der Waals surface area (Å²) in [6.45, 7) is 6.26. The van der Waals surface area contributed by atoms with Crippen molar-refractivity contribution >= 4 is 5.91 Å². The molecule has 0 saturated carbocycles. The number of nitrogens with one attached hydrogen (secondary N) is 1. The number of para-hydroxylation sites is 1. The lowest BCUT2D eigenvalue weighted by atomic mass is 10.1. The lowest BCUT2D eigenvalue weighted by Crippen LogP contribution is -2.47. The van der Waals surface area contributed by atoms with E-state index in [9.17, 15) is 9.90 Å². The fourth-order valence-corrected chi connectivity index (χ4v) is 2.61. The fourth-order valence-electron chi connectivity index (χ4n) is 2.61. The van der Waals surface area contributed by atoms with Crippen LogP contribution in [0.4, 0.5) is 0 Å². The van der Waals surface area contributed by atoms with E-state index < -0.39 is 6.04 Å². The Kier molecular flexibility index (Phi) is 6.42. The summed E-state index contributed by atoms with van der Waals surface area (Å²) in [4.78, 5) is 12.2. The molecule has 0 heterocycles. The van der Waals surface area contributed by atoms with E-state index in [2.05, 4.69) is 5.32 Å². The fraction of sp³-hybridized carbons (Fsp3) is 0.350. The van der Waals surface area contributed by atoms with Gasteiger partial charge in [-0.05, 0) is 56.0 Å². The monoisotopic (exact) mass is 342 g/mol. The lowest BCUT2D eigenvalue weighted by Gasteiger charge is -2.19. The second-order valence-corrected chi connectivity index (χ2v) is 6.42. The summed E-state index contributed by atoms with van der Waals surface area (Å²) in [6.07, 6.45) is 0.413. The summed E-state index contributed by atoms with van der Waals surface area (Å²) in [5, 5.41) is 12.2. The molecule has 0 aliphatic carbocycles. The minimum absolute atomic E-state index is 0.155. The van der Waals surface area contributed by atoms with Gasteiger partial charge in [-0.15, -0.1) is 0 Å². The molecule has 0 spiro atoms. The maximum Gasteiger partial charge on any atom is 0.237 e. The number of aromatic hydroxyl groups is 1. The highest BCUT2D eigenvalue weighted by molar-refractivity contribution is 5.82. The van der Waals surface area contributed by atoms with Crippen LogP contribution in [-0.2, 0) is 11.2 Å². The third kappa shape index (κ3) is 5.50. The number of benzene rings is 2. The minimum atomic E-state index is -0.646. The van der Waals surface area contributed by atoms with Crippen LogP contribution in [0.5, 0.6) is 11.5 Å². The van der Waals surface area contributed by atoms with Gasteiger partial charge in [0, 0.05) is 0 Å². The van der Waals surface area contributed by atoms with Crippen molar-refractivity contribution < 1.29 is 14.6 Å². The Labute approximate surface area is 148 Å². The first-order valence-corrected chi connectivity index (χ1v) is 8.39. The molecule has 2 atom stereocenters. The Morgan fingerprint density at radius 2 is 1.76 bits per heavy atom. The maximum atomic E-state index is 12.2. The molecule has 1 amide bonds. The summed E-state index contributed by atoms with van der Waals surface area (Å²) < 4.78 is 5.86. The van der Waals surface area contributed by atoms with Crippen molar-refractivity contribution in [3.63, 3.8) is 0 Å². The Balaban J connectivity index is 1.83. The zero-order valence-electron chi connectivity index (χ0n) is 15.0. The highest BCUT2D eigenvalue weighted by Crippen LogP contribution is 2.22. The second-order valence-electron chi connectivity index (χ2n) is 6.42. The molecule has 134 valence electrons. The van der Waals surface area contributed by atoms with Gasteiger partial charge in [-0.3, -0.25) is 4.79 Å². The first-order valence-electron chi connectivity index (χ1n) is 8.39. The Bertz CT molecular complexity index is 693. The van der Waals surface area contributed by atoms with Crippen molar-refractivity contribution in [3.05, 3.63) is 59.2 Å². The summed E-state index contributed by atoms with van der Waals surface area (Å²) in [6, 6.07) is 11.9. The number of amides is 1. The van der Waals surface area contributed by atoms with Gasteiger partial charge in [-0.2, -0.15) is 0 Å². The normalized spacial score (nSPS) is 13.1. The van der Waals surface area contributed by atoms with Crippen molar-refractivity contribution in [2.45, 2.75) is 39.3 Å². The van der Waals surface area contributed by atoms with Gasteiger partial charge in [0.25, 0.3) is 0 Å². The van der Waals surface area contributed by atoms with Crippen LogP contribution >= 0.6 is 0 Å². The number of rotatable bonds is 7. The van der Waals surface area contributed by atoms with Crippen LogP contribution in [0.15, 0.2) is 42.5 Å². The van der Waals surface area contributed by atoms with E-state index in [1.165, 1.54) is 0 Å². The quantitative estimate of drug-likeness (QED) is 0.722. The van der Waals surface area contributed by atoms with E-state index in [1.807, 2.05) is 39.0 Å². The van der Waals surface area contributed by atoms with Crippen LogP contribution in [0, 0.1) is 13.8 Å². The zero-order chi connectivity index (χ0) is 18.4. The zero-order valence-corrected chi connectivity index (χ0v) is 15.0. The first kappa shape index (κ1) is 18.8. The van der Waals surface area contributed by atoms with Crippen LogP contribution in [0.2, 0.25) is 0 Å². The van der Waals surface area contributed by atoms with Gasteiger partial charge < -0.3 is 20.9 Å². The number of aryl methyl sites for hydroxylation is 2. The van der Waals surface area contributed by atoms with E-state index in [0.717, 1.165) is 22.4 Å². The average molecular weight is 342 g/mol. The number of carbonyl (C=O) groups is 1. The summed E-state index contributed by atoms with van der Waals surface area (Å²) in [5.41, 5.74) is 9.02. The van der Waals surface area contributed by atoms with Crippen LogP contribution in [0.3, 0.4) is 0 Å². The molecule has 2 rings (SSSR count). The third-order valence-electron chi connectivity index (χ3n) is 4.00. The van der Waals surface area contributed by atoms with Gasteiger partial charge in [0.2, 0.25) is 5.91 Å². The molecule has 5 nitrogen and oxygen atoms in total. The van der Waals surface area contributed by atoms with Crippen molar-refractivity contribution in [2.24, 2.45) is 5.73 Å². The smallest absolute Gasteiger partial charge is 0.237 e. The van der Waals surface area contributed by atoms with Gasteiger partial charge in [0.05, 0.1) is 12.1 Å². The Morgan fingerprint density at radius 3 is 2.36 bits per heavy atom. The molecule has 0 aliphatic heterocycles. The number of hydrogen-bond donors (Lipinski definition) is 3. The molecule has 0 radical (unpaired) electrons. The number of phenols is 1. The van der Waals surface area contributed by atoms with E-state index in [0.29, 0.717) is 13.0 Å². The standard InChI is InChI=1S/C20H26N2O3/c1-13-5-4-6-14(2)19(13)25-12-15(3)22-20(24)18(21)11-16-7-9-17(23)10-8-16/h4-10,15,18,23H,11-12,21H2,1-3H3,(H,22,24)/t15?,18-/m0/s1. The van der Waals surface area contributed by atoms with Crippen LogP contribution in [0.25, 0.3) is 0 Å². The molecular weight excluding hydrogens is 316 g/mol. The van der Waals surface area contributed by atoms with E-state index in [4.69, 9.17) is 10.5 Å². The lowest BCUT2D eigenvalue weighted by molar-refractivity contribution is -0.123. The van der Waals surface area contributed by atoms with Crippen LogP contribution in [0.1, 0.15) is 23.6 Å². The molecule has 0 fully saturated rings. The third-order valence-corrected chi connectivity index (χ3v) is 4.00. The molecule has 4 N–H and O–H groups in total. The van der Waals surface area contributed by atoms with Crippen molar-refractivity contribution in [2.75, 3.05) is 6.61 Å². The molecule has 0 saturated heterocycles. The molecule has 0 aliphatic rings. The summed E-state index contributed by atoms with van der Waals surface area (Å²) >= 11 is 0. The number of hydrogen-bond acceptors (Lipinski definition) is 4. The van der Waals surface area contributed by atoms with Gasteiger partial charge in [-0.1, -0.05) is 30.3 Å². The maximum absolute atomic E-state index is 12.2. The van der Waals surface area contributed by atoms with Crippen molar-refractivity contribution in [1.82, 2.24) is 5.32 Å². The summed E-state index contributed by atoms with van der Waals surface area (Å²) in [7, 11) is 0. The first-order chi connectivity index (χ1) is 11.9. The molecule has 0 aromatic heterocycles. The molecule has 2 aromatic rings. The molecule has 0 bridgehead atoms. The molecule has 5 heteroatoms. The van der Waals surface area contributed by atoms with Crippen molar-refractivity contribution in [3.8, 4) is 11.5 Å². The highest BCUT2D eigenvalue weighted by Gasteiger charge is 2.17. The molecule has 1 unspecified atom stereocenters. The van der Waals surface area contributed by atoms with E-state index in [-0.39, 0.29) is 17.7 Å². The topological polar surface area (TPSA) is 84.6 Å². The average Bonchev–Trinajstić information content (AvgIpc) is 2.56. The predicted molar refractivity (Wildman–Crippen MR) is 98.8 cm³/mol. The van der Waals surface area contributed by atoms with Gasteiger partial charge in [0.15, 0.2) is 0 Å². The van der Waals surface area contributed by atoms with Crippen molar-refractivity contribution in [1.29, 1.82) is 0 Å². The number of carbonyl (C=O) groups excluding carboxylic acids is 1. The highest BCUT2D eigenvalue weighted by atomic mass is 16.5. The Morgan fingerprint density at radius 1 is 1.16 bits per heavy atom. The summed E-state index contributed by atoms with van der Waals surface area (Å²) in [5.74, 6) is 0.835. The molecule has 2 aromatic carbocycles. The van der Waals surface area contributed by atoms with Gasteiger partial charge in [-0.25, -0.2) is 0 Å². The SMILES string of the molecule is Cc1cccc(C)c1OCC(C)NC(=O)[C@@H](N)Cc1ccc(O)cc1. The van der Waals surface area contributed by atoms with E-state index >= 15 is 0 Å². The Hall–Kier alpha value is -2.53. The minimum Gasteiger partial charge on any atom is -0.508 e. The predicted octanol–water partition coefficient (Wildman–Crippen LogP) is 2.46. The molecular formula is C20H26N2O3. The largest absolute Gasteiger partial charge is 0.508 e. The van der Waals surface area contributed by atoms with Gasteiger partial charge in [0.1, 0.15) is 18.1 Å². The number of nitrogens with two attached hydrogens (primary N) is 1. The van der Waals surface area contributed by atoms with Gasteiger partial charge >= 0.3 is 0 Å². The number of ether oxygens (including phenoxy) is 1.